The van der Waals surface area contributed by atoms with Gasteiger partial charge in [0.05, 0.1) is 46.2 Å². The molecular formula is C80H143O43P. The van der Waals surface area contributed by atoms with Crippen LogP contribution in [0.1, 0.15) is 200 Å². The highest BCUT2D eigenvalue weighted by Crippen LogP contribution is 2.49. The highest BCUT2D eigenvalue weighted by Gasteiger charge is 2.60. The predicted molar refractivity (Wildman–Crippen MR) is 422 cm³/mol. The number of carbonyl (C=O) groups excluding carboxylic acids is 2. The average molecular weight is 1820 g/mol. The Morgan fingerprint density at radius 3 is 0.919 bits per heavy atom. The lowest BCUT2D eigenvalue weighted by Crippen LogP contribution is -2.69. The lowest BCUT2D eigenvalue weighted by molar-refractivity contribution is -0.365. The number of carbonyl (C=O) groups is 2. The summed E-state index contributed by atoms with van der Waals surface area (Å²) in [4.78, 5) is 38.5. The Balaban J connectivity index is 0.998. The van der Waals surface area contributed by atoms with E-state index < -0.39 is 300 Å². The molecule has 38 atom stereocenters. The Kier molecular flexibility index (Phi) is 48.8. The number of phosphoric acid groups is 1. The molecule has 1 aliphatic carbocycles. The van der Waals surface area contributed by atoms with Crippen molar-refractivity contribution < 1.29 is 212 Å². The van der Waals surface area contributed by atoms with Crippen LogP contribution in [-0.2, 0) is 89.5 Å². The third kappa shape index (κ3) is 32.7. The van der Waals surface area contributed by atoms with Crippen LogP contribution in [0, 0.1) is 0 Å². The number of esters is 2. The molecule has 1 saturated carbocycles. The Morgan fingerprint density at radius 2 is 0.581 bits per heavy atom. The fourth-order valence-corrected chi connectivity index (χ4v) is 16.5. The minimum atomic E-state index is -5.89. The van der Waals surface area contributed by atoms with Gasteiger partial charge in [-0.05, 0) is 38.5 Å². The van der Waals surface area contributed by atoms with Crippen LogP contribution in [0.2, 0.25) is 0 Å². The van der Waals surface area contributed by atoms with Crippen molar-refractivity contribution in [1.82, 2.24) is 0 Å². The zero-order valence-corrected chi connectivity index (χ0v) is 71.5. The number of aliphatic hydroxyl groups excluding tert-OH is 23. The summed E-state index contributed by atoms with van der Waals surface area (Å²) < 4.78 is 104. The molecule has 6 saturated heterocycles. The summed E-state index contributed by atoms with van der Waals surface area (Å²) in [6.07, 6.45) is -45.0. The molecule has 124 heavy (non-hydrogen) atoms. The number of allylic oxidation sites excluding steroid dienone is 2. The quantitative estimate of drug-likeness (QED) is 0.0118. The molecule has 0 amide bonds. The van der Waals surface area contributed by atoms with E-state index in [4.69, 9.17) is 75.4 Å². The van der Waals surface area contributed by atoms with Crippen molar-refractivity contribution in [1.29, 1.82) is 0 Å². The maximum absolute atomic E-state index is 14.5. The van der Waals surface area contributed by atoms with Crippen LogP contribution < -0.4 is 0 Å². The Labute approximate surface area is 721 Å². The van der Waals surface area contributed by atoms with Crippen LogP contribution >= 0.6 is 7.82 Å². The number of phosphoric ester groups is 1. The van der Waals surface area contributed by atoms with E-state index in [1.54, 1.807) is 0 Å². The van der Waals surface area contributed by atoms with E-state index in [2.05, 4.69) is 26.0 Å². The van der Waals surface area contributed by atoms with E-state index in [1.165, 1.54) is 70.6 Å². The molecule has 6 heterocycles. The predicted octanol–water partition coefficient (Wildman–Crippen LogP) is -4.38. The largest absolute Gasteiger partial charge is 0.472 e. The smallest absolute Gasteiger partial charge is 0.462 e. The van der Waals surface area contributed by atoms with Gasteiger partial charge in [-0.15, -0.1) is 0 Å². The monoisotopic (exact) mass is 1820 g/mol. The molecule has 0 aromatic carbocycles. The van der Waals surface area contributed by atoms with Crippen molar-refractivity contribution in [2.24, 2.45) is 0 Å². The van der Waals surface area contributed by atoms with Crippen molar-refractivity contribution >= 4 is 19.8 Å². The van der Waals surface area contributed by atoms with Gasteiger partial charge in [-0.1, -0.05) is 161 Å². The molecule has 726 valence electrons. The number of ether oxygens (including phenoxy) is 14. The summed E-state index contributed by atoms with van der Waals surface area (Å²) in [5.41, 5.74) is 0. The van der Waals surface area contributed by atoms with Gasteiger partial charge in [-0.2, -0.15) is 0 Å². The number of hydrogen-bond donors (Lipinski definition) is 24. The van der Waals surface area contributed by atoms with Gasteiger partial charge >= 0.3 is 19.8 Å². The molecule has 24 N–H and O–H groups in total. The van der Waals surface area contributed by atoms with Crippen molar-refractivity contribution in [2.45, 2.75) is 427 Å². The van der Waals surface area contributed by atoms with Crippen molar-refractivity contribution in [3.63, 3.8) is 0 Å². The van der Waals surface area contributed by atoms with E-state index >= 15 is 0 Å². The molecule has 0 radical (unpaired) electrons. The molecule has 16 unspecified atom stereocenters. The molecule has 7 rings (SSSR count). The second-order valence-corrected chi connectivity index (χ2v) is 34.7. The summed E-state index contributed by atoms with van der Waals surface area (Å²) in [7, 11) is -5.89. The highest BCUT2D eigenvalue weighted by molar-refractivity contribution is 7.47. The summed E-state index contributed by atoms with van der Waals surface area (Å²) in [6, 6.07) is 0. The first kappa shape index (κ1) is 108. The number of hydrogen-bond acceptors (Lipinski definition) is 42. The number of aliphatic hydroxyl groups is 23. The zero-order valence-electron chi connectivity index (χ0n) is 70.6. The van der Waals surface area contributed by atoms with Gasteiger partial charge in [0.25, 0.3) is 0 Å². The molecule has 7 fully saturated rings. The summed E-state index contributed by atoms with van der Waals surface area (Å²) in [6.45, 7) is -2.92. The van der Waals surface area contributed by atoms with Crippen LogP contribution in [0.25, 0.3) is 0 Å². The van der Waals surface area contributed by atoms with Gasteiger partial charge in [-0.3, -0.25) is 18.6 Å². The fourth-order valence-electron chi connectivity index (χ4n) is 15.6. The van der Waals surface area contributed by atoms with E-state index in [0.29, 0.717) is 25.7 Å². The Bertz CT molecular complexity index is 3000. The minimum absolute atomic E-state index is 0.0309. The first-order chi connectivity index (χ1) is 59.2. The first-order valence-corrected chi connectivity index (χ1v) is 45.6. The Hall–Kier alpha value is -2.61. The number of rotatable bonds is 56. The van der Waals surface area contributed by atoms with Gasteiger partial charge in [0.2, 0.25) is 0 Å². The third-order valence-electron chi connectivity index (χ3n) is 23.5. The molecule has 43 nitrogen and oxygen atoms in total. The van der Waals surface area contributed by atoms with Gasteiger partial charge < -0.3 is 189 Å². The molecule has 44 heteroatoms. The first-order valence-electron chi connectivity index (χ1n) is 44.1. The molecule has 0 aromatic rings. The molecule has 7 aliphatic rings. The maximum Gasteiger partial charge on any atom is 0.472 e. The standard InChI is InChI=1S/C80H143O43P/c1-3-5-7-9-11-13-15-17-18-19-21-22-24-26-28-30-32-49(83)108-36-42(114-50(84)33-31-29-27-25-23-20-16-14-12-10-8-6-4-2)37-113-124(106,107)123-74-72(121-79-70(104)58(92)52(86)44(35-82)116-79)64(98)63(97)65(99)73(74)122-80-71(105)62(96)56(90)48(120-80)41-112-78-69(103)61(95)55(89)47(119-78)40-111-77-68(102)60(94)54(88)46(118-77)39-110-76-67(101)59(93)53(87)45(117-76)38-109-75-66(100)57(91)51(85)43(34-81)115-75/h14,16,42-48,51-82,85-105H,3-13,15,17-41H2,1-2H3,(H,106,107)/b16-14-/t42-,43?,44?,45?,46?,47?,48?,51+,52-,53+,54+,55+,56+,57?,58?,59?,60?,61?,62?,63+,64?,65?,66+,67+,68+,69+,70-,71+,72-,73?,74+,75-,76-,77-,78-,79-,80+/m1/s1. The Morgan fingerprint density at radius 1 is 0.315 bits per heavy atom. The summed E-state index contributed by atoms with van der Waals surface area (Å²) in [5.74, 6) is -1.51. The van der Waals surface area contributed by atoms with Crippen LogP contribution in [0.3, 0.4) is 0 Å². The summed E-state index contributed by atoms with van der Waals surface area (Å²) in [5, 5.41) is 250. The van der Waals surface area contributed by atoms with E-state index in [-0.39, 0.29) is 12.8 Å². The minimum Gasteiger partial charge on any atom is -0.462 e. The normalized spacial score (nSPS) is 39.4. The SMILES string of the molecule is CCCCCC/C=C\CCCCCCCC(=O)O[C@H](COC(=O)CCCCCCCCCCCCCCCCCC)COP(=O)(O)O[C@@H]1C(O[C@@H]2OC(CO[C@@H]3OC(CO[C@@H]4OC(CO[C@@H]5OC(CO[C@@H]6OC(CO)[C@H](O)C(O)[C@@H]6O)[C@H](O)C(O)[C@@H]5O)[C@H](O)C(O)[C@@H]4O)[C@H](O)C(O)[C@@H]3O)[C@H](O)C(O)[C@@H]2O)C(O)[C@@H](O)C(O)[C@H]1O[C@H]1OC(CO)[C@@H](O)C(O)[C@H]1O. The third-order valence-corrected chi connectivity index (χ3v) is 24.4. The maximum atomic E-state index is 14.5. The van der Waals surface area contributed by atoms with Crippen LogP contribution in [0.4, 0.5) is 0 Å². The lowest BCUT2D eigenvalue weighted by atomic mass is 9.84. The lowest BCUT2D eigenvalue weighted by Gasteiger charge is -2.49. The highest BCUT2D eigenvalue weighted by atomic mass is 31.2. The van der Waals surface area contributed by atoms with Crippen LogP contribution in [-0.4, -0.2) is 414 Å². The van der Waals surface area contributed by atoms with Gasteiger partial charge in [0.1, 0.15) is 190 Å². The zero-order chi connectivity index (χ0) is 90.9. The molecule has 0 spiro atoms. The average Bonchev–Trinajstić information content (AvgIpc) is 0.758. The second-order valence-electron chi connectivity index (χ2n) is 33.3. The van der Waals surface area contributed by atoms with Crippen molar-refractivity contribution in [3.05, 3.63) is 12.2 Å². The van der Waals surface area contributed by atoms with E-state index in [1.807, 2.05) is 0 Å². The van der Waals surface area contributed by atoms with Crippen LogP contribution in [0.15, 0.2) is 12.2 Å². The topological polar surface area (TPSA) is 684 Å². The van der Waals surface area contributed by atoms with Crippen molar-refractivity contribution in [2.75, 3.05) is 52.9 Å². The molecule has 6 aliphatic heterocycles. The fraction of sp³-hybridized carbons (Fsp3) is 0.950. The second kappa shape index (κ2) is 55.8. The number of unbranched alkanes of at least 4 members (excludes halogenated alkanes) is 24. The van der Waals surface area contributed by atoms with Crippen LogP contribution in [0.5, 0.6) is 0 Å². The molecule has 0 bridgehead atoms. The molecule has 0 aromatic heterocycles. The summed E-state index contributed by atoms with van der Waals surface area (Å²) >= 11 is 0. The van der Waals surface area contributed by atoms with Gasteiger partial charge in [0, 0.05) is 12.8 Å². The van der Waals surface area contributed by atoms with E-state index in [0.717, 1.165) is 77.0 Å². The van der Waals surface area contributed by atoms with Gasteiger partial charge in [-0.25, -0.2) is 4.57 Å². The van der Waals surface area contributed by atoms with Gasteiger partial charge in [0.15, 0.2) is 43.8 Å². The molecular weight excluding hydrogens is 1680 g/mol. The van der Waals surface area contributed by atoms with Crippen molar-refractivity contribution in [3.8, 4) is 0 Å². The van der Waals surface area contributed by atoms with E-state index in [9.17, 15) is 136 Å².